The summed E-state index contributed by atoms with van der Waals surface area (Å²) >= 11 is 10.3. The summed E-state index contributed by atoms with van der Waals surface area (Å²) in [4.78, 5) is 0. The molecule has 0 unspecified atom stereocenters. The molecule has 0 saturated heterocycles. The van der Waals surface area contributed by atoms with E-state index in [1.54, 1.807) is 6.20 Å². The van der Waals surface area contributed by atoms with Crippen LogP contribution in [0.15, 0.2) is 34.9 Å². The van der Waals surface area contributed by atoms with Crippen LogP contribution in [-0.4, -0.2) is 9.78 Å². The number of hydrogen-bond acceptors (Lipinski definition) is 2. The van der Waals surface area contributed by atoms with Gasteiger partial charge in [-0.3, -0.25) is 4.68 Å². The second kappa shape index (κ2) is 5.67. The van der Waals surface area contributed by atoms with Crippen molar-refractivity contribution in [2.75, 3.05) is 0 Å². The van der Waals surface area contributed by atoms with E-state index >= 15 is 0 Å². The first kappa shape index (κ1) is 14.7. The Hall–Kier alpha value is -1.83. The summed E-state index contributed by atoms with van der Waals surface area (Å²) in [5.74, 6) is 0. The van der Waals surface area contributed by atoms with E-state index in [2.05, 4.69) is 27.1 Å². The van der Waals surface area contributed by atoms with Crippen LogP contribution in [0, 0.1) is 11.3 Å². The van der Waals surface area contributed by atoms with Gasteiger partial charge in [0.15, 0.2) is 0 Å². The number of hydrogen-bond donors (Lipinski definition) is 0. The molecule has 0 radical (unpaired) electrons. The predicted octanol–water partition coefficient (Wildman–Crippen LogP) is 5.33. The first-order chi connectivity index (χ1) is 11.2. The van der Waals surface area contributed by atoms with E-state index in [0.717, 1.165) is 62.9 Å². The third-order valence-corrected chi connectivity index (χ3v) is 5.45. The van der Waals surface area contributed by atoms with Crippen molar-refractivity contribution in [3.63, 3.8) is 0 Å². The van der Waals surface area contributed by atoms with Crippen molar-refractivity contribution in [2.24, 2.45) is 0 Å². The summed E-state index contributed by atoms with van der Waals surface area (Å²) < 4.78 is 2.89. The van der Waals surface area contributed by atoms with Crippen LogP contribution in [0.25, 0.3) is 22.0 Å². The minimum atomic E-state index is 0.685. The highest BCUT2D eigenvalue weighted by molar-refractivity contribution is 9.10. The van der Waals surface area contributed by atoms with Crippen molar-refractivity contribution in [1.29, 1.82) is 5.26 Å². The zero-order valence-electron chi connectivity index (χ0n) is 12.3. The molecular formula is C18H13BrClN3. The fourth-order valence-corrected chi connectivity index (χ4v) is 4.25. The quantitative estimate of drug-likeness (QED) is 0.524. The molecule has 5 heteroatoms. The van der Waals surface area contributed by atoms with E-state index < -0.39 is 0 Å². The lowest BCUT2D eigenvalue weighted by Crippen LogP contribution is -2.09. The Labute approximate surface area is 147 Å². The van der Waals surface area contributed by atoms with Gasteiger partial charge in [-0.1, -0.05) is 35.9 Å². The molecule has 1 aliphatic rings. The molecule has 0 aliphatic carbocycles. The van der Waals surface area contributed by atoms with Gasteiger partial charge in [-0.15, -0.1) is 0 Å². The Bertz CT molecular complexity index is 969. The van der Waals surface area contributed by atoms with Crippen LogP contribution < -0.4 is 0 Å². The average Bonchev–Trinajstić information content (AvgIpc) is 2.90. The highest BCUT2D eigenvalue weighted by Crippen LogP contribution is 2.43. The highest BCUT2D eigenvalue weighted by atomic mass is 79.9. The SMILES string of the molecule is N#Cc1c2c(c(Cl)c3ccccc13)CCCCn1ncc(Br)c1-2. The molecule has 1 aromatic heterocycles. The van der Waals surface area contributed by atoms with Crippen LogP contribution in [0.1, 0.15) is 24.0 Å². The number of halogens is 2. The maximum absolute atomic E-state index is 9.86. The topological polar surface area (TPSA) is 41.6 Å². The lowest BCUT2D eigenvalue weighted by molar-refractivity contribution is 0.555. The number of aromatic nitrogens is 2. The summed E-state index contributed by atoms with van der Waals surface area (Å²) in [7, 11) is 0. The Balaban J connectivity index is 2.22. The molecule has 2 heterocycles. The average molecular weight is 387 g/mol. The molecule has 0 amide bonds. The minimum absolute atomic E-state index is 0.685. The molecule has 3 aromatic rings. The molecule has 114 valence electrons. The molecule has 1 aliphatic heterocycles. The molecule has 0 bridgehead atoms. The molecule has 0 saturated carbocycles. The Morgan fingerprint density at radius 2 is 2.00 bits per heavy atom. The lowest BCUT2D eigenvalue weighted by atomic mass is 9.89. The van der Waals surface area contributed by atoms with E-state index in [-0.39, 0.29) is 0 Å². The molecule has 2 aromatic carbocycles. The van der Waals surface area contributed by atoms with Gasteiger partial charge in [-0.2, -0.15) is 10.4 Å². The Morgan fingerprint density at radius 1 is 1.22 bits per heavy atom. The van der Waals surface area contributed by atoms with E-state index in [0.29, 0.717) is 5.56 Å². The van der Waals surface area contributed by atoms with Gasteiger partial charge in [0.25, 0.3) is 0 Å². The molecule has 0 N–H and O–H groups in total. The van der Waals surface area contributed by atoms with Crippen LogP contribution in [0.4, 0.5) is 0 Å². The number of benzene rings is 2. The van der Waals surface area contributed by atoms with Crippen molar-refractivity contribution < 1.29 is 0 Å². The number of rotatable bonds is 0. The Kier molecular flexibility index (Phi) is 3.63. The van der Waals surface area contributed by atoms with Crippen LogP contribution >= 0.6 is 27.5 Å². The number of aryl methyl sites for hydroxylation is 1. The van der Waals surface area contributed by atoms with Crippen molar-refractivity contribution in [1.82, 2.24) is 9.78 Å². The number of nitrogens with zero attached hydrogens (tertiary/aromatic N) is 3. The minimum Gasteiger partial charge on any atom is -0.264 e. The van der Waals surface area contributed by atoms with Gasteiger partial charge >= 0.3 is 0 Å². The van der Waals surface area contributed by atoms with Crippen LogP contribution in [0.5, 0.6) is 0 Å². The third-order valence-electron chi connectivity index (χ3n) is 4.44. The summed E-state index contributed by atoms with van der Waals surface area (Å²) in [6, 6.07) is 10.3. The number of fused-ring (bicyclic) bond motifs is 4. The third kappa shape index (κ3) is 2.19. The van der Waals surface area contributed by atoms with Gasteiger partial charge in [0, 0.05) is 22.9 Å². The number of nitriles is 1. The summed E-state index contributed by atoms with van der Waals surface area (Å²) in [6.45, 7) is 0.857. The predicted molar refractivity (Wildman–Crippen MR) is 95.5 cm³/mol. The van der Waals surface area contributed by atoms with Crippen LogP contribution in [-0.2, 0) is 13.0 Å². The molecule has 0 fully saturated rings. The molecule has 0 spiro atoms. The van der Waals surface area contributed by atoms with E-state index in [4.69, 9.17) is 11.6 Å². The lowest BCUT2D eigenvalue weighted by Gasteiger charge is -2.21. The van der Waals surface area contributed by atoms with Gasteiger partial charge < -0.3 is 0 Å². The summed E-state index contributed by atoms with van der Waals surface area (Å²) in [5, 5.41) is 16.9. The van der Waals surface area contributed by atoms with E-state index in [1.807, 2.05) is 28.9 Å². The molecule has 0 atom stereocenters. The normalized spacial score (nSPS) is 13.8. The van der Waals surface area contributed by atoms with Crippen LogP contribution in [0.3, 0.4) is 0 Å². The molecule has 4 rings (SSSR count). The van der Waals surface area contributed by atoms with Crippen molar-refractivity contribution >= 4 is 38.3 Å². The highest BCUT2D eigenvalue weighted by Gasteiger charge is 2.25. The second-order valence-corrected chi connectivity index (χ2v) is 6.95. The molecular weight excluding hydrogens is 374 g/mol. The maximum atomic E-state index is 9.86. The summed E-state index contributed by atoms with van der Waals surface area (Å²) in [6.07, 6.45) is 4.76. The maximum Gasteiger partial charge on any atom is 0.100 e. The smallest absolute Gasteiger partial charge is 0.100 e. The van der Waals surface area contributed by atoms with Crippen molar-refractivity contribution in [3.05, 3.63) is 51.1 Å². The summed E-state index contributed by atoms with van der Waals surface area (Å²) in [5.41, 5.74) is 3.64. The van der Waals surface area contributed by atoms with Crippen LogP contribution in [0.2, 0.25) is 5.02 Å². The largest absolute Gasteiger partial charge is 0.264 e. The van der Waals surface area contributed by atoms with Gasteiger partial charge in [-0.25, -0.2) is 0 Å². The first-order valence-electron chi connectivity index (χ1n) is 7.57. The fraction of sp³-hybridized carbons (Fsp3) is 0.222. The van der Waals surface area contributed by atoms with E-state index in [1.165, 1.54) is 0 Å². The Morgan fingerprint density at radius 3 is 2.78 bits per heavy atom. The molecule has 23 heavy (non-hydrogen) atoms. The second-order valence-electron chi connectivity index (χ2n) is 5.72. The zero-order valence-corrected chi connectivity index (χ0v) is 14.7. The first-order valence-corrected chi connectivity index (χ1v) is 8.74. The monoisotopic (exact) mass is 385 g/mol. The van der Waals surface area contributed by atoms with Gasteiger partial charge in [0.1, 0.15) is 6.07 Å². The zero-order chi connectivity index (χ0) is 16.0. The van der Waals surface area contributed by atoms with Crippen molar-refractivity contribution in [3.8, 4) is 17.3 Å². The van der Waals surface area contributed by atoms with Gasteiger partial charge in [0.05, 0.1) is 26.9 Å². The standard InChI is InChI=1S/C18H13BrClN3/c19-15-10-22-23-8-4-3-7-13-16(18(15)23)14(9-21)11-5-1-2-6-12(11)17(13)20/h1-2,5-6,10H,3-4,7-8H2. The fourth-order valence-electron chi connectivity index (χ4n) is 3.41. The van der Waals surface area contributed by atoms with Gasteiger partial charge in [-0.05, 0) is 40.8 Å². The molecule has 3 nitrogen and oxygen atoms in total. The van der Waals surface area contributed by atoms with Crippen molar-refractivity contribution in [2.45, 2.75) is 25.8 Å². The van der Waals surface area contributed by atoms with Gasteiger partial charge in [0.2, 0.25) is 0 Å². The van der Waals surface area contributed by atoms with E-state index in [9.17, 15) is 5.26 Å².